The van der Waals surface area contributed by atoms with Crippen LogP contribution in [-0.2, 0) is 31.9 Å². The number of ether oxygens (including phenoxy) is 2. The van der Waals surface area contributed by atoms with E-state index >= 15 is 0 Å². The lowest BCUT2D eigenvalue weighted by Crippen LogP contribution is -2.57. The second kappa shape index (κ2) is 14.7. The molecule has 0 unspecified atom stereocenters. The number of benzene rings is 2. The van der Waals surface area contributed by atoms with Crippen molar-refractivity contribution in [3.8, 4) is 0 Å². The average molecular weight is 672 g/mol. The van der Waals surface area contributed by atoms with Crippen LogP contribution in [0.25, 0.3) is 0 Å². The number of halogens is 4. The van der Waals surface area contributed by atoms with Crippen molar-refractivity contribution in [2.24, 2.45) is 0 Å². The van der Waals surface area contributed by atoms with Crippen LogP contribution >= 0.6 is 11.6 Å². The molecule has 2 atom stereocenters. The van der Waals surface area contributed by atoms with Gasteiger partial charge in [-0.2, -0.15) is 13.2 Å². The van der Waals surface area contributed by atoms with Crippen LogP contribution in [-0.4, -0.2) is 113 Å². The van der Waals surface area contributed by atoms with Gasteiger partial charge in [-0.05, 0) is 55.2 Å². The Kier molecular flexibility index (Phi) is 11.1. The lowest BCUT2D eigenvalue weighted by Gasteiger charge is -2.43. The molecule has 13 heteroatoms. The smallest absolute Gasteiger partial charge is 0.382 e. The second-order valence-electron chi connectivity index (χ2n) is 12.2. The van der Waals surface area contributed by atoms with Gasteiger partial charge in [0.2, 0.25) is 0 Å². The zero-order valence-corrected chi connectivity index (χ0v) is 27.0. The predicted octanol–water partition coefficient (Wildman–Crippen LogP) is 4.79. The van der Waals surface area contributed by atoms with Crippen LogP contribution in [0.5, 0.6) is 0 Å². The van der Waals surface area contributed by atoms with Gasteiger partial charge in [0.05, 0.1) is 35.0 Å². The first-order valence-electron chi connectivity index (χ1n) is 15.5. The van der Waals surface area contributed by atoms with Gasteiger partial charge in [-0.3, -0.25) is 14.6 Å². The van der Waals surface area contributed by atoms with E-state index in [1.54, 1.807) is 24.1 Å². The lowest BCUT2D eigenvalue weighted by atomic mass is 10.00. The summed E-state index contributed by atoms with van der Waals surface area (Å²) < 4.78 is 79.8. The Balaban J connectivity index is 1.38. The monoisotopic (exact) mass is 671 g/mol. The van der Waals surface area contributed by atoms with E-state index in [-0.39, 0.29) is 17.7 Å². The average Bonchev–Trinajstić information content (AvgIpc) is 3.57. The standard InChI is InChI=1S/C32H41ClF3N3O5S/c1-43-22-28-21-38(14-15-44-28)11-10-37-12-13-39(27(20-37)16-23-6-8-26(33)9-7-23)31(40)24-17-25(32(34,35)36)19-30(18-24)45(41,42)29-4-2-3-5-29/h6-9,17-19,27-29H,2-5,10-16,20-22H2,1H3/t27-,28+/m1/s1. The summed E-state index contributed by atoms with van der Waals surface area (Å²) >= 11 is 6.10. The van der Waals surface area contributed by atoms with Crippen molar-refractivity contribution in [2.75, 3.05) is 66.1 Å². The number of carbonyl (C=O) groups is 1. The van der Waals surface area contributed by atoms with Gasteiger partial charge in [-0.15, -0.1) is 0 Å². The molecule has 2 heterocycles. The topological polar surface area (TPSA) is 79.4 Å². The molecule has 0 N–H and O–H groups in total. The number of carbonyl (C=O) groups excluding carboxylic acids is 1. The number of hydrogen-bond acceptors (Lipinski definition) is 7. The molecule has 0 radical (unpaired) electrons. The van der Waals surface area contributed by atoms with E-state index in [1.165, 1.54) is 0 Å². The highest BCUT2D eigenvalue weighted by atomic mass is 35.5. The van der Waals surface area contributed by atoms with Crippen molar-refractivity contribution >= 4 is 27.3 Å². The minimum absolute atomic E-state index is 0.0192. The number of sulfone groups is 1. The summed E-state index contributed by atoms with van der Waals surface area (Å²) in [6.07, 6.45) is -2.08. The fourth-order valence-electron chi connectivity index (χ4n) is 6.62. The normalized spacial score (nSPS) is 22.6. The van der Waals surface area contributed by atoms with Crippen molar-refractivity contribution in [1.29, 1.82) is 0 Å². The molecule has 3 aliphatic rings. The molecule has 1 amide bonds. The third-order valence-corrected chi connectivity index (χ3v) is 11.6. The highest BCUT2D eigenvalue weighted by molar-refractivity contribution is 7.92. The van der Waals surface area contributed by atoms with Crippen molar-refractivity contribution in [1.82, 2.24) is 14.7 Å². The van der Waals surface area contributed by atoms with Crippen LogP contribution < -0.4 is 0 Å². The molecule has 3 fully saturated rings. The summed E-state index contributed by atoms with van der Waals surface area (Å²) in [6.45, 7) is 5.66. The molecule has 1 saturated carbocycles. The Bertz CT molecular complexity index is 1420. The van der Waals surface area contributed by atoms with E-state index in [1.807, 2.05) is 12.1 Å². The SMILES string of the molecule is COC[C@@H]1CN(CCN2CCN(C(=O)c3cc(C(F)(F)F)cc(S(=O)(=O)C4CCCC4)c3)[C@H](Cc3ccc(Cl)cc3)C2)CCO1. The number of morpholine rings is 1. The van der Waals surface area contributed by atoms with Crippen LogP contribution in [0.2, 0.25) is 5.02 Å². The molecule has 0 aromatic heterocycles. The summed E-state index contributed by atoms with van der Waals surface area (Å²) in [5.74, 6) is -0.599. The zero-order valence-electron chi connectivity index (χ0n) is 25.5. The largest absolute Gasteiger partial charge is 0.416 e. The van der Waals surface area contributed by atoms with Crippen LogP contribution in [0.1, 0.15) is 47.2 Å². The van der Waals surface area contributed by atoms with Gasteiger partial charge in [0.1, 0.15) is 0 Å². The highest BCUT2D eigenvalue weighted by Crippen LogP contribution is 2.36. The zero-order chi connectivity index (χ0) is 32.2. The van der Waals surface area contributed by atoms with E-state index in [2.05, 4.69) is 9.80 Å². The van der Waals surface area contributed by atoms with E-state index in [4.69, 9.17) is 21.1 Å². The molecule has 2 aromatic rings. The minimum Gasteiger partial charge on any atom is -0.382 e. The summed E-state index contributed by atoms with van der Waals surface area (Å²) in [5.41, 5.74) is -0.447. The molecule has 1 aliphatic carbocycles. The van der Waals surface area contributed by atoms with Gasteiger partial charge in [0.15, 0.2) is 9.84 Å². The molecule has 2 aliphatic heterocycles. The Hall–Kier alpha value is -2.22. The van der Waals surface area contributed by atoms with Crippen molar-refractivity contribution < 1.29 is 35.9 Å². The van der Waals surface area contributed by atoms with Crippen LogP contribution in [0.3, 0.4) is 0 Å². The molecule has 0 bridgehead atoms. The van der Waals surface area contributed by atoms with Gasteiger partial charge in [-0.1, -0.05) is 36.6 Å². The molecule has 2 saturated heterocycles. The second-order valence-corrected chi connectivity index (χ2v) is 14.9. The number of methoxy groups -OCH3 is 1. The fourth-order valence-corrected chi connectivity index (χ4v) is 8.67. The number of amides is 1. The molecular formula is C32H41ClF3N3O5S. The number of piperazine rings is 1. The van der Waals surface area contributed by atoms with E-state index in [0.29, 0.717) is 76.0 Å². The number of rotatable bonds is 10. The molecule has 45 heavy (non-hydrogen) atoms. The number of alkyl halides is 3. The van der Waals surface area contributed by atoms with E-state index in [0.717, 1.165) is 43.9 Å². The number of hydrogen-bond donors (Lipinski definition) is 0. The summed E-state index contributed by atoms with van der Waals surface area (Å²) in [5, 5.41) is -0.157. The summed E-state index contributed by atoms with van der Waals surface area (Å²) in [7, 11) is -2.37. The Morgan fingerprint density at radius 2 is 1.69 bits per heavy atom. The third-order valence-electron chi connectivity index (χ3n) is 9.07. The first-order valence-corrected chi connectivity index (χ1v) is 17.4. The molecule has 5 rings (SSSR count). The molecule has 0 spiro atoms. The van der Waals surface area contributed by atoms with Crippen LogP contribution in [0, 0.1) is 0 Å². The minimum atomic E-state index is -4.81. The molecule has 248 valence electrons. The predicted molar refractivity (Wildman–Crippen MR) is 165 cm³/mol. The summed E-state index contributed by atoms with van der Waals surface area (Å²) in [4.78, 5) is 19.8. The maximum Gasteiger partial charge on any atom is 0.416 e. The Labute approximate surface area is 268 Å². The Morgan fingerprint density at radius 3 is 2.36 bits per heavy atom. The molecule has 2 aromatic carbocycles. The van der Waals surface area contributed by atoms with E-state index in [9.17, 15) is 26.4 Å². The highest BCUT2D eigenvalue weighted by Gasteiger charge is 2.38. The van der Waals surface area contributed by atoms with Gasteiger partial charge in [0.25, 0.3) is 5.91 Å². The first-order chi connectivity index (χ1) is 21.4. The third kappa shape index (κ3) is 8.58. The fraction of sp³-hybridized carbons (Fsp3) is 0.594. The van der Waals surface area contributed by atoms with Gasteiger partial charge < -0.3 is 14.4 Å². The lowest BCUT2D eigenvalue weighted by molar-refractivity contribution is -0.137. The van der Waals surface area contributed by atoms with Crippen molar-refractivity contribution in [3.05, 3.63) is 64.2 Å². The quantitative estimate of drug-likeness (QED) is 0.360. The van der Waals surface area contributed by atoms with Crippen LogP contribution in [0.15, 0.2) is 47.4 Å². The summed E-state index contributed by atoms with van der Waals surface area (Å²) in [6, 6.07) is 9.56. The maximum atomic E-state index is 14.0. The van der Waals surface area contributed by atoms with Crippen molar-refractivity contribution in [2.45, 2.75) is 60.6 Å². The Morgan fingerprint density at radius 1 is 1.00 bits per heavy atom. The molecular weight excluding hydrogens is 631 g/mol. The maximum absolute atomic E-state index is 14.0. The van der Waals surface area contributed by atoms with Crippen LogP contribution in [0.4, 0.5) is 13.2 Å². The molecule has 8 nitrogen and oxygen atoms in total. The van der Waals surface area contributed by atoms with E-state index < -0.39 is 37.6 Å². The van der Waals surface area contributed by atoms with Gasteiger partial charge >= 0.3 is 6.18 Å². The number of nitrogens with zero attached hydrogens (tertiary/aromatic N) is 3. The first kappa shape index (κ1) is 34.1. The van der Waals surface area contributed by atoms with Crippen molar-refractivity contribution in [3.63, 3.8) is 0 Å². The van der Waals surface area contributed by atoms with Gasteiger partial charge in [-0.25, -0.2) is 8.42 Å². The van der Waals surface area contributed by atoms with Gasteiger partial charge in [0, 0.05) is 69.6 Å².